The molecule has 20 heavy (non-hydrogen) atoms. The lowest BCUT2D eigenvalue weighted by Gasteiger charge is -2.08. The summed E-state index contributed by atoms with van der Waals surface area (Å²) in [5, 5.41) is 6.37. The van der Waals surface area contributed by atoms with E-state index < -0.39 is 0 Å². The van der Waals surface area contributed by atoms with Gasteiger partial charge in [0, 0.05) is 23.5 Å². The van der Waals surface area contributed by atoms with Gasteiger partial charge < -0.3 is 5.32 Å². The molecule has 0 spiro atoms. The predicted octanol–water partition coefficient (Wildman–Crippen LogP) is 1.69. The topological polar surface area (TPSA) is 62.2 Å². The zero-order chi connectivity index (χ0) is 14.1. The summed E-state index contributed by atoms with van der Waals surface area (Å²) in [6.07, 6.45) is 5.12. The molecule has 5 nitrogen and oxygen atoms in total. The molecular formula is C15H22N4O. The molecule has 3 heterocycles. The van der Waals surface area contributed by atoms with Gasteiger partial charge in [0.1, 0.15) is 0 Å². The van der Waals surface area contributed by atoms with Crippen LogP contribution in [-0.4, -0.2) is 27.7 Å². The Morgan fingerprint density at radius 2 is 2.35 bits per heavy atom. The van der Waals surface area contributed by atoms with E-state index >= 15 is 0 Å². The summed E-state index contributed by atoms with van der Waals surface area (Å²) < 4.78 is 1.54. The standard InChI is InChI=1S/C15H22N4O/c1-10(2)13-9-17-19-14(20)7-12(18-15(13)19)4-3-11-5-6-16-8-11/h7,9-11,16-17H,3-6,8H2,1-2H3. The quantitative estimate of drug-likeness (QED) is 0.892. The van der Waals surface area contributed by atoms with E-state index in [0.717, 1.165) is 48.8 Å². The Labute approximate surface area is 118 Å². The van der Waals surface area contributed by atoms with Gasteiger partial charge in [0.25, 0.3) is 5.56 Å². The number of hydrogen-bond donors (Lipinski definition) is 2. The number of H-pyrrole nitrogens is 1. The fourth-order valence-corrected chi connectivity index (χ4v) is 2.91. The van der Waals surface area contributed by atoms with Crippen molar-refractivity contribution in [3.05, 3.63) is 33.9 Å². The SMILES string of the molecule is CC(C)c1c[nH]n2c(=O)cc(CCC3CCNC3)nc12. The van der Waals surface area contributed by atoms with Crippen LogP contribution in [0.3, 0.4) is 0 Å². The Morgan fingerprint density at radius 3 is 3.05 bits per heavy atom. The molecule has 0 saturated carbocycles. The molecule has 0 radical (unpaired) electrons. The molecule has 2 aromatic rings. The molecular weight excluding hydrogens is 252 g/mol. The highest BCUT2D eigenvalue weighted by atomic mass is 16.1. The van der Waals surface area contributed by atoms with E-state index in [-0.39, 0.29) is 5.56 Å². The second-order valence-electron chi connectivity index (χ2n) is 6.03. The Bertz CT molecular complexity index is 649. The first-order valence-corrected chi connectivity index (χ1v) is 7.46. The minimum atomic E-state index is -0.0125. The van der Waals surface area contributed by atoms with E-state index in [0.29, 0.717) is 5.92 Å². The van der Waals surface area contributed by atoms with E-state index in [1.807, 2.05) is 6.20 Å². The Kier molecular flexibility index (Phi) is 3.61. The van der Waals surface area contributed by atoms with Crippen molar-refractivity contribution in [3.63, 3.8) is 0 Å². The van der Waals surface area contributed by atoms with E-state index in [2.05, 4.69) is 29.2 Å². The van der Waals surface area contributed by atoms with Gasteiger partial charge in [0.2, 0.25) is 0 Å². The van der Waals surface area contributed by atoms with Crippen LogP contribution in [0, 0.1) is 5.92 Å². The van der Waals surface area contributed by atoms with Gasteiger partial charge in [-0.1, -0.05) is 13.8 Å². The van der Waals surface area contributed by atoms with Crippen LogP contribution in [0.4, 0.5) is 0 Å². The third-order valence-electron chi connectivity index (χ3n) is 4.17. The van der Waals surface area contributed by atoms with Crippen molar-refractivity contribution in [3.8, 4) is 0 Å². The van der Waals surface area contributed by atoms with E-state index in [1.54, 1.807) is 6.07 Å². The average molecular weight is 274 g/mol. The highest BCUT2D eigenvalue weighted by Gasteiger charge is 2.16. The van der Waals surface area contributed by atoms with Gasteiger partial charge in [-0.25, -0.2) is 9.50 Å². The van der Waals surface area contributed by atoms with Gasteiger partial charge in [-0.3, -0.25) is 9.89 Å². The highest BCUT2D eigenvalue weighted by Crippen LogP contribution is 2.19. The van der Waals surface area contributed by atoms with Gasteiger partial charge in [-0.05, 0) is 44.2 Å². The van der Waals surface area contributed by atoms with Crippen LogP contribution in [0.15, 0.2) is 17.1 Å². The molecule has 1 saturated heterocycles. The molecule has 0 aliphatic carbocycles. The highest BCUT2D eigenvalue weighted by molar-refractivity contribution is 5.48. The zero-order valence-corrected chi connectivity index (χ0v) is 12.1. The number of fused-ring (bicyclic) bond motifs is 1. The van der Waals surface area contributed by atoms with Crippen molar-refractivity contribution < 1.29 is 0 Å². The first-order valence-electron chi connectivity index (χ1n) is 7.46. The molecule has 1 atom stereocenters. The monoisotopic (exact) mass is 274 g/mol. The second kappa shape index (κ2) is 5.40. The molecule has 1 aliphatic heterocycles. The number of nitrogens with zero attached hydrogens (tertiary/aromatic N) is 2. The average Bonchev–Trinajstić information content (AvgIpc) is 3.05. The maximum Gasteiger partial charge on any atom is 0.272 e. The minimum absolute atomic E-state index is 0.0125. The van der Waals surface area contributed by atoms with Gasteiger partial charge in [-0.15, -0.1) is 0 Å². The lowest BCUT2D eigenvalue weighted by Crippen LogP contribution is -2.16. The molecule has 3 rings (SSSR count). The molecule has 2 N–H and O–H groups in total. The number of aryl methyl sites for hydroxylation is 1. The van der Waals surface area contributed by atoms with Crippen molar-refractivity contribution in [2.75, 3.05) is 13.1 Å². The Hall–Kier alpha value is -1.62. The smallest absolute Gasteiger partial charge is 0.272 e. The summed E-state index contributed by atoms with van der Waals surface area (Å²) in [5.74, 6) is 1.09. The van der Waals surface area contributed by atoms with Crippen LogP contribution in [0.1, 0.15) is 43.9 Å². The zero-order valence-electron chi connectivity index (χ0n) is 12.1. The van der Waals surface area contributed by atoms with E-state index in [1.165, 1.54) is 10.9 Å². The molecule has 0 aromatic carbocycles. The van der Waals surface area contributed by atoms with Crippen molar-refractivity contribution in [2.24, 2.45) is 5.92 Å². The number of aromatic nitrogens is 3. The second-order valence-corrected chi connectivity index (χ2v) is 6.03. The molecule has 1 fully saturated rings. The number of hydrogen-bond acceptors (Lipinski definition) is 3. The minimum Gasteiger partial charge on any atom is -0.316 e. The summed E-state index contributed by atoms with van der Waals surface area (Å²) in [5.41, 5.74) is 2.79. The molecule has 1 unspecified atom stereocenters. The van der Waals surface area contributed by atoms with Crippen LogP contribution >= 0.6 is 0 Å². The summed E-state index contributed by atoms with van der Waals surface area (Å²) >= 11 is 0. The third kappa shape index (κ3) is 2.50. The normalized spacial score (nSPS) is 19.2. The van der Waals surface area contributed by atoms with Crippen LogP contribution in [0.2, 0.25) is 0 Å². The van der Waals surface area contributed by atoms with Gasteiger partial charge in [-0.2, -0.15) is 0 Å². The number of rotatable bonds is 4. The van der Waals surface area contributed by atoms with Crippen molar-refractivity contribution in [1.29, 1.82) is 0 Å². The summed E-state index contributed by atoms with van der Waals surface area (Å²) in [6.45, 7) is 6.45. The lowest BCUT2D eigenvalue weighted by molar-refractivity contribution is 0.529. The van der Waals surface area contributed by atoms with Crippen LogP contribution in [0.25, 0.3) is 5.65 Å². The maximum atomic E-state index is 12.1. The van der Waals surface area contributed by atoms with Crippen molar-refractivity contribution in [1.82, 2.24) is 19.9 Å². The van der Waals surface area contributed by atoms with Gasteiger partial charge in [0.05, 0.1) is 0 Å². The summed E-state index contributed by atoms with van der Waals surface area (Å²) in [4.78, 5) is 16.8. The predicted molar refractivity (Wildman–Crippen MR) is 79.2 cm³/mol. The Balaban J connectivity index is 1.87. The molecule has 0 amide bonds. The van der Waals surface area contributed by atoms with Crippen LogP contribution in [0.5, 0.6) is 0 Å². The maximum absolute atomic E-state index is 12.1. The van der Waals surface area contributed by atoms with Crippen molar-refractivity contribution in [2.45, 2.75) is 39.0 Å². The lowest BCUT2D eigenvalue weighted by atomic mass is 10.0. The summed E-state index contributed by atoms with van der Waals surface area (Å²) in [7, 11) is 0. The van der Waals surface area contributed by atoms with Gasteiger partial charge in [0.15, 0.2) is 5.65 Å². The Morgan fingerprint density at radius 1 is 1.50 bits per heavy atom. The molecule has 5 heteroatoms. The first kappa shape index (κ1) is 13.4. The van der Waals surface area contributed by atoms with E-state index in [9.17, 15) is 4.79 Å². The van der Waals surface area contributed by atoms with E-state index in [4.69, 9.17) is 0 Å². The summed E-state index contributed by atoms with van der Waals surface area (Å²) in [6, 6.07) is 1.66. The number of nitrogens with one attached hydrogen (secondary N) is 2. The fourth-order valence-electron chi connectivity index (χ4n) is 2.91. The molecule has 2 aromatic heterocycles. The fraction of sp³-hybridized carbons (Fsp3) is 0.600. The van der Waals surface area contributed by atoms with Crippen LogP contribution in [-0.2, 0) is 6.42 Å². The van der Waals surface area contributed by atoms with Crippen LogP contribution < -0.4 is 10.9 Å². The molecule has 1 aliphatic rings. The molecule has 108 valence electrons. The third-order valence-corrected chi connectivity index (χ3v) is 4.17. The largest absolute Gasteiger partial charge is 0.316 e. The first-order chi connectivity index (χ1) is 9.65. The van der Waals surface area contributed by atoms with Crippen molar-refractivity contribution >= 4 is 5.65 Å². The van der Waals surface area contributed by atoms with Gasteiger partial charge >= 0.3 is 0 Å². The number of aromatic amines is 1. The molecule has 0 bridgehead atoms.